The van der Waals surface area contributed by atoms with Crippen LogP contribution in [0.2, 0.25) is 5.02 Å². The van der Waals surface area contributed by atoms with Crippen LogP contribution in [0.15, 0.2) is 83.8 Å². The number of para-hydroxylation sites is 1. The van der Waals surface area contributed by atoms with Crippen LogP contribution in [-0.2, 0) is 10.0 Å². The molecule has 28 heavy (non-hydrogen) atoms. The first kappa shape index (κ1) is 19.9. The first-order chi connectivity index (χ1) is 13.3. The van der Waals surface area contributed by atoms with E-state index in [0.29, 0.717) is 16.3 Å². The van der Waals surface area contributed by atoms with E-state index in [1.807, 2.05) is 19.1 Å². The molecule has 3 rings (SSSR count). The zero-order chi connectivity index (χ0) is 20.1. The molecule has 0 aliphatic heterocycles. The average Bonchev–Trinajstić information content (AvgIpc) is 2.68. The fraction of sp³-hybridized carbons (Fsp3) is 0.0952. The van der Waals surface area contributed by atoms with E-state index in [-0.39, 0.29) is 16.8 Å². The van der Waals surface area contributed by atoms with E-state index < -0.39 is 10.0 Å². The van der Waals surface area contributed by atoms with Gasteiger partial charge in [0.2, 0.25) is 0 Å². The average molecular weight is 415 g/mol. The topological polar surface area (TPSA) is 75.3 Å². The molecular formula is C21H19ClN2O3S. The first-order valence-electron chi connectivity index (χ1n) is 8.59. The molecule has 1 amide bonds. The number of hydrogen-bond donors (Lipinski definition) is 2. The summed E-state index contributed by atoms with van der Waals surface area (Å²) in [5.41, 5.74) is 1.72. The molecule has 144 valence electrons. The summed E-state index contributed by atoms with van der Waals surface area (Å²) >= 11 is 5.99. The Balaban J connectivity index is 1.70. The molecule has 0 saturated heterocycles. The summed E-state index contributed by atoms with van der Waals surface area (Å²) in [5.74, 6) is -0.299. The first-order valence-corrected chi connectivity index (χ1v) is 10.5. The van der Waals surface area contributed by atoms with Gasteiger partial charge in [0.25, 0.3) is 15.9 Å². The van der Waals surface area contributed by atoms with Gasteiger partial charge in [0.05, 0.1) is 10.9 Å². The lowest BCUT2D eigenvalue weighted by Gasteiger charge is -2.15. The van der Waals surface area contributed by atoms with Crippen LogP contribution < -0.4 is 10.0 Å². The number of sulfonamides is 1. The normalized spacial score (nSPS) is 12.2. The fourth-order valence-corrected chi connectivity index (χ4v) is 3.90. The largest absolute Gasteiger partial charge is 0.346 e. The number of hydrogen-bond acceptors (Lipinski definition) is 3. The van der Waals surface area contributed by atoms with Gasteiger partial charge in [-0.2, -0.15) is 0 Å². The van der Waals surface area contributed by atoms with Crippen molar-refractivity contribution in [2.45, 2.75) is 17.9 Å². The van der Waals surface area contributed by atoms with Crippen LogP contribution in [0, 0.1) is 0 Å². The van der Waals surface area contributed by atoms with E-state index in [9.17, 15) is 13.2 Å². The van der Waals surface area contributed by atoms with Gasteiger partial charge in [-0.15, -0.1) is 0 Å². The van der Waals surface area contributed by atoms with Crippen molar-refractivity contribution in [3.05, 3.63) is 95.0 Å². The summed E-state index contributed by atoms with van der Waals surface area (Å²) in [6.07, 6.45) is 0. The number of carbonyl (C=O) groups is 1. The Labute approximate surface area is 169 Å². The molecule has 0 aromatic heterocycles. The van der Waals surface area contributed by atoms with Crippen molar-refractivity contribution in [3.63, 3.8) is 0 Å². The van der Waals surface area contributed by atoms with Gasteiger partial charge in [-0.05, 0) is 61.0 Å². The van der Waals surface area contributed by atoms with E-state index in [1.54, 1.807) is 42.5 Å². The minimum Gasteiger partial charge on any atom is -0.346 e. The summed E-state index contributed by atoms with van der Waals surface area (Å²) in [7, 11) is -3.72. The summed E-state index contributed by atoms with van der Waals surface area (Å²) in [5, 5.41) is 3.47. The van der Waals surface area contributed by atoms with E-state index in [2.05, 4.69) is 10.0 Å². The molecule has 0 aliphatic rings. The third kappa shape index (κ3) is 4.91. The Morgan fingerprint density at radius 2 is 1.61 bits per heavy atom. The van der Waals surface area contributed by atoms with Crippen LogP contribution in [-0.4, -0.2) is 14.3 Å². The third-order valence-corrected chi connectivity index (χ3v) is 5.78. The Kier molecular flexibility index (Phi) is 6.02. The monoisotopic (exact) mass is 414 g/mol. The van der Waals surface area contributed by atoms with Crippen molar-refractivity contribution in [1.29, 1.82) is 0 Å². The Hall–Kier alpha value is -2.83. The van der Waals surface area contributed by atoms with Crippen molar-refractivity contribution in [3.8, 4) is 0 Å². The molecule has 5 nitrogen and oxygen atoms in total. The van der Waals surface area contributed by atoms with Crippen LogP contribution in [0.3, 0.4) is 0 Å². The number of rotatable bonds is 6. The second-order valence-corrected chi connectivity index (χ2v) is 8.36. The smallest absolute Gasteiger partial charge is 0.261 e. The number of anilines is 1. The lowest BCUT2D eigenvalue weighted by Crippen LogP contribution is -2.26. The molecule has 7 heteroatoms. The molecule has 0 radical (unpaired) electrons. The summed E-state index contributed by atoms with van der Waals surface area (Å²) in [6.45, 7) is 1.85. The second-order valence-electron chi connectivity index (χ2n) is 6.25. The van der Waals surface area contributed by atoms with Crippen molar-refractivity contribution in [1.82, 2.24) is 5.32 Å². The Morgan fingerprint density at radius 3 is 2.25 bits per heavy atom. The predicted octanol–water partition coefficient (Wildman–Crippen LogP) is 4.63. The lowest BCUT2D eigenvalue weighted by molar-refractivity contribution is 0.0940. The van der Waals surface area contributed by atoms with E-state index >= 15 is 0 Å². The quantitative estimate of drug-likeness (QED) is 0.617. The highest BCUT2D eigenvalue weighted by atomic mass is 35.5. The Morgan fingerprint density at radius 1 is 0.929 bits per heavy atom. The van der Waals surface area contributed by atoms with Gasteiger partial charge in [0.15, 0.2) is 0 Å². The van der Waals surface area contributed by atoms with E-state index in [4.69, 9.17) is 11.6 Å². The molecule has 0 saturated carbocycles. The fourth-order valence-electron chi connectivity index (χ4n) is 2.64. The third-order valence-electron chi connectivity index (χ3n) is 4.15. The number of carbonyl (C=O) groups excluding carboxylic acids is 1. The van der Waals surface area contributed by atoms with E-state index in [0.717, 1.165) is 5.56 Å². The maximum absolute atomic E-state index is 12.5. The highest BCUT2D eigenvalue weighted by molar-refractivity contribution is 7.92. The summed E-state index contributed by atoms with van der Waals surface area (Å²) in [4.78, 5) is 12.5. The van der Waals surface area contributed by atoms with Gasteiger partial charge in [-0.3, -0.25) is 9.52 Å². The van der Waals surface area contributed by atoms with Gasteiger partial charge < -0.3 is 5.32 Å². The van der Waals surface area contributed by atoms with Gasteiger partial charge in [-0.25, -0.2) is 8.42 Å². The molecular weight excluding hydrogens is 396 g/mol. The summed E-state index contributed by atoms with van der Waals surface area (Å²) < 4.78 is 27.4. The Bertz CT molecular complexity index is 1070. The van der Waals surface area contributed by atoms with Gasteiger partial charge >= 0.3 is 0 Å². The number of nitrogens with one attached hydrogen (secondary N) is 2. The van der Waals surface area contributed by atoms with Crippen LogP contribution >= 0.6 is 11.6 Å². The number of amides is 1. The number of benzene rings is 3. The van der Waals surface area contributed by atoms with Gasteiger partial charge in [0.1, 0.15) is 0 Å². The van der Waals surface area contributed by atoms with Crippen molar-refractivity contribution in [2.24, 2.45) is 0 Å². The van der Waals surface area contributed by atoms with Gasteiger partial charge in [0, 0.05) is 16.3 Å². The van der Waals surface area contributed by atoms with Crippen LogP contribution in [0.25, 0.3) is 0 Å². The minimum absolute atomic E-state index is 0.0794. The number of halogens is 1. The molecule has 0 fully saturated rings. The molecule has 0 bridgehead atoms. The zero-order valence-electron chi connectivity index (χ0n) is 15.1. The molecule has 0 heterocycles. The summed E-state index contributed by atoms with van der Waals surface area (Å²) in [6, 6.07) is 21.4. The predicted molar refractivity (Wildman–Crippen MR) is 111 cm³/mol. The molecule has 0 aliphatic carbocycles. The molecule has 1 atom stereocenters. The maximum Gasteiger partial charge on any atom is 0.261 e. The SMILES string of the molecule is C[C@@H](NC(=O)c1ccc(S(=O)(=O)Nc2ccccc2)cc1)c1cccc(Cl)c1. The van der Waals surface area contributed by atoms with Gasteiger partial charge in [-0.1, -0.05) is 41.9 Å². The molecule has 0 spiro atoms. The van der Waals surface area contributed by atoms with Crippen LogP contribution in [0.4, 0.5) is 5.69 Å². The minimum atomic E-state index is -3.72. The highest BCUT2D eigenvalue weighted by Crippen LogP contribution is 2.19. The maximum atomic E-state index is 12.5. The zero-order valence-corrected chi connectivity index (χ0v) is 16.7. The second kappa shape index (κ2) is 8.46. The van der Waals surface area contributed by atoms with Crippen molar-refractivity contribution in [2.75, 3.05) is 4.72 Å². The standard InChI is InChI=1S/C21H19ClN2O3S/c1-15(17-6-5-7-18(22)14-17)23-21(25)16-10-12-20(13-11-16)28(26,27)24-19-8-3-2-4-9-19/h2-15,24H,1H3,(H,23,25)/t15-/m1/s1. The molecule has 0 unspecified atom stereocenters. The van der Waals surface area contributed by atoms with Crippen molar-refractivity contribution >= 4 is 33.2 Å². The van der Waals surface area contributed by atoms with Crippen LogP contribution in [0.5, 0.6) is 0 Å². The molecule has 2 N–H and O–H groups in total. The molecule has 3 aromatic rings. The highest BCUT2D eigenvalue weighted by Gasteiger charge is 2.16. The molecule has 3 aromatic carbocycles. The van der Waals surface area contributed by atoms with E-state index in [1.165, 1.54) is 24.3 Å². The van der Waals surface area contributed by atoms with Crippen LogP contribution in [0.1, 0.15) is 28.9 Å². The van der Waals surface area contributed by atoms with Crippen molar-refractivity contribution < 1.29 is 13.2 Å². The lowest BCUT2D eigenvalue weighted by atomic mass is 10.1.